The average Bonchev–Trinajstić information content (AvgIpc) is 2.55. The van der Waals surface area contributed by atoms with Crippen LogP contribution in [0.15, 0.2) is 42.7 Å². The molecule has 0 atom stereocenters. The van der Waals surface area contributed by atoms with Gasteiger partial charge in [0.15, 0.2) is 0 Å². The van der Waals surface area contributed by atoms with Gasteiger partial charge in [0.25, 0.3) is 0 Å². The largest absolute Gasteiger partial charge is 0.256 e. The summed E-state index contributed by atoms with van der Waals surface area (Å²) < 4.78 is 0. The third-order valence-corrected chi connectivity index (χ3v) is 2.26. The van der Waals surface area contributed by atoms with Crippen LogP contribution < -0.4 is 0 Å². The van der Waals surface area contributed by atoms with Crippen LogP contribution in [0.25, 0.3) is 21.8 Å². The van der Waals surface area contributed by atoms with Gasteiger partial charge in [0.1, 0.15) is 0 Å². The predicted molar refractivity (Wildman–Crippen MR) is 62.1 cm³/mol. The molecule has 4 heteroatoms. The van der Waals surface area contributed by atoms with Gasteiger partial charge in [-0.2, -0.15) is 10.2 Å². The quantitative estimate of drug-likeness (QED) is 0.581. The van der Waals surface area contributed by atoms with Crippen LogP contribution >= 0.6 is 12.4 Å². The van der Waals surface area contributed by atoms with Crippen LogP contribution in [0.5, 0.6) is 0 Å². The summed E-state index contributed by atoms with van der Waals surface area (Å²) in [5.74, 6) is 0. The predicted octanol–water partition coefficient (Wildman–Crippen LogP) is 2.60. The highest BCUT2D eigenvalue weighted by Gasteiger charge is 2.00. The van der Waals surface area contributed by atoms with Gasteiger partial charge >= 0.3 is 0 Å². The molecule has 3 nitrogen and oxygen atoms in total. The number of benzene rings is 1. The molecule has 0 fully saturated rings. The Labute approximate surface area is 92.6 Å². The van der Waals surface area contributed by atoms with Crippen molar-refractivity contribution in [3.05, 3.63) is 42.7 Å². The number of fused-ring (bicyclic) bond motifs is 3. The maximum atomic E-state index is 4.31. The molecule has 3 rings (SSSR count). The van der Waals surface area contributed by atoms with E-state index in [9.17, 15) is 0 Å². The second-order valence-corrected chi connectivity index (χ2v) is 3.10. The highest BCUT2D eigenvalue weighted by Crippen LogP contribution is 2.21. The van der Waals surface area contributed by atoms with Gasteiger partial charge in [0.2, 0.25) is 0 Å². The van der Waals surface area contributed by atoms with Crippen molar-refractivity contribution >= 4 is 34.2 Å². The number of aromatic nitrogens is 3. The topological polar surface area (TPSA) is 38.7 Å². The normalized spacial score (nSPS) is 10.1. The first-order chi connectivity index (χ1) is 6.95. The Morgan fingerprint density at radius 2 is 1.87 bits per heavy atom. The average molecular weight is 218 g/mol. The summed E-state index contributed by atoms with van der Waals surface area (Å²) in [6.45, 7) is 0. The van der Waals surface area contributed by atoms with Gasteiger partial charge in [-0.25, -0.2) is 0 Å². The fourth-order valence-corrected chi connectivity index (χ4v) is 1.61. The second-order valence-electron chi connectivity index (χ2n) is 3.10. The van der Waals surface area contributed by atoms with Crippen molar-refractivity contribution < 1.29 is 0 Å². The highest BCUT2D eigenvalue weighted by atomic mass is 35.5. The molecule has 2 aromatic heterocycles. The van der Waals surface area contributed by atoms with Crippen LogP contribution in [-0.4, -0.2) is 15.2 Å². The van der Waals surface area contributed by atoms with Crippen molar-refractivity contribution in [2.45, 2.75) is 0 Å². The molecule has 0 spiro atoms. The van der Waals surface area contributed by atoms with Crippen molar-refractivity contribution in [2.75, 3.05) is 0 Å². The third-order valence-electron chi connectivity index (χ3n) is 2.26. The van der Waals surface area contributed by atoms with E-state index in [-0.39, 0.29) is 12.4 Å². The number of halogens is 1. The number of hydrogen-bond acceptors (Lipinski definition) is 3. The molecule has 0 aliphatic carbocycles. The lowest BCUT2D eigenvalue weighted by Crippen LogP contribution is -1.76. The zero-order valence-electron chi connectivity index (χ0n) is 7.79. The first-order valence-electron chi connectivity index (χ1n) is 4.40. The summed E-state index contributed by atoms with van der Waals surface area (Å²) in [5.41, 5.74) is 1.87. The molecule has 0 aliphatic rings. The SMILES string of the molecule is Cl.c1cnnc2ccc3ccnc3c2c1. The highest BCUT2D eigenvalue weighted by molar-refractivity contribution is 6.03. The summed E-state index contributed by atoms with van der Waals surface area (Å²) in [4.78, 5) is 4.31. The fourth-order valence-electron chi connectivity index (χ4n) is 1.61. The zero-order chi connectivity index (χ0) is 9.38. The molecule has 15 heavy (non-hydrogen) atoms. The number of hydrogen-bond donors (Lipinski definition) is 0. The van der Waals surface area contributed by atoms with Crippen LogP contribution in [0.3, 0.4) is 0 Å². The van der Waals surface area contributed by atoms with E-state index in [0.29, 0.717) is 0 Å². The van der Waals surface area contributed by atoms with E-state index in [1.807, 2.05) is 36.5 Å². The van der Waals surface area contributed by atoms with Gasteiger partial charge in [-0.05, 0) is 24.3 Å². The van der Waals surface area contributed by atoms with Crippen LogP contribution in [0.4, 0.5) is 0 Å². The van der Waals surface area contributed by atoms with Crippen molar-refractivity contribution in [1.82, 2.24) is 15.2 Å². The summed E-state index contributed by atoms with van der Waals surface area (Å²) in [6.07, 6.45) is 3.49. The summed E-state index contributed by atoms with van der Waals surface area (Å²) >= 11 is 0. The van der Waals surface area contributed by atoms with E-state index < -0.39 is 0 Å². The minimum Gasteiger partial charge on any atom is -0.256 e. The molecule has 1 aromatic carbocycles. The molecule has 0 aliphatic heterocycles. The number of rotatable bonds is 0. The van der Waals surface area contributed by atoms with E-state index >= 15 is 0 Å². The Morgan fingerprint density at radius 1 is 0.933 bits per heavy atom. The Balaban J connectivity index is 0.000000853. The minimum absolute atomic E-state index is 0. The van der Waals surface area contributed by atoms with E-state index in [2.05, 4.69) is 15.2 Å². The molecule has 74 valence electrons. The van der Waals surface area contributed by atoms with Gasteiger partial charge in [-0.3, -0.25) is 4.98 Å². The van der Waals surface area contributed by atoms with Gasteiger partial charge in [0.05, 0.1) is 11.0 Å². The van der Waals surface area contributed by atoms with E-state index in [4.69, 9.17) is 0 Å². The maximum Gasteiger partial charge on any atom is 0.0951 e. The monoisotopic (exact) mass is 217 g/mol. The minimum atomic E-state index is 0. The summed E-state index contributed by atoms with van der Waals surface area (Å²) in [7, 11) is 0. The van der Waals surface area contributed by atoms with Crippen molar-refractivity contribution in [1.29, 1.82) is 0 Å². The van der Waals surface area contributed by atoms with Crippen LogP contribution in [-0.2, 0) is 0 Å². The lowest BCUT2D eigenvalue weighted by atomic mass is 10.2. The van der Waals surface area contributed by atoms with Crippen LogP contribution in [0.1, 0.15) is 0 Å². The molecule has 0 saturated heterocycles. The Hall–Kier alpha value is -1.74. The van der Waals surface area contributed by atoms with Crippen LogP contribution in [0.2, 0.25) is 0 Å². The van der Waals surface area contributed by atoms with Gasteiger partial charge in [-0.1, -0.05) is 6.07 Å². The summed E-state index contributed by atoms with van der Waals surface area (Å²) in [6, 6.07) is 9.84. The molecule has 0 amide bonds. The number of nitrogens with zero attached hydrogens (tertiary/aromatic N) is 3. The van der Waals surface area contributed by atoms with Gasteiger partial charge < -0.3 is 0 Å². The Bertz CT molecular complexity index is 610. The first-order valence-corrected chi connectivity index (χ1v) is 4.40. The van der Waals surface area contributed by atoms with E-state index in [0.717, 1.165) is 21.8 Å². The van der Waals surface area contributed by atoms with Crippen molar-refractivity contribution in [2.24, 2.45) is 0 Å². The third kappa shape index (κ3) is 1.51. The molecular formula is C11H8ClN3. The Kier molecular flexibility index (Phi) is 2.47. The molecule has 0 bridgehead atoms. The first kappa shape index (κ1) is 9.80. The smallest absolute Gasteiger partial charge is 0.0951 e. The summed E-state index contributed by atoms with van der Waals surface area (Å²) in [5, 5.41) is 10.2. The molecule has 0 unspecified atom stereocenters. The fraction of sp³-hybridized carbons (Fsp3) is 0. The van der Waals surface area contributed by atoms with Crippen LogP contribution in [0, 0.1) is 0 Å². The standard InChI is InChI=1S/C11H7N3.ClH/c1-2-9-10(14-13-6-1)4-3-8-5-7-12-11(8)9;/h1-7H;1H. The lowest BCUT2D eigenvalue weighted by Gasteiger charge is -1.91. The molecule has 2 heterocycles. The van der Waals surface area contributed by atoms with Gasteiger partial charge in [0, 0.05) is 23.2 Å². The zero-order valence-corrected chi connectivity index (χ0v) is 8.61. The second kappa shape index (κ2) is 3.79. The molecule has 3 aromatic rings. The molecule has 0 N–H and O–H groups in total. The molecule has 0 saturated carbocycles. The van der Waals surface area contributed by atoms with Crippen molar-refractivity contribution in [3.63, 3.8) is 0 Å². The van der Waals surface area contributed by atoms with Crippen molar-refractivity contribution in [3.8, 4) is 0 Å². The van der Waals surface area contributed by atoms with E-state index in [1.54, 1.807) is 6.20 Å². The Morgan fingerprint density at radius 3 is 2.80 bits per heavy atom. The molecule has 0 radical (unpaired) electrons. The maximum absolute atomic E-state index is 4.31. The lowest BCUT2D eigenvalue weighted by molar-refractivity contribution is 1.09. The van der Waals surface area contributed by atoms with Gasteiger partial charge in [-0.15, -0.1) is 12.4 Å². The molecular weight excluding hydrogens is 210 g/mol. The van der Waals surface area contributed by atoms with E-state index in [1.165, 1.54) is 0 Å².